The number of carboxylic acid groups (broad SMARTS) is 1. The van der Waals surface area contributed by atoms with E-state index >= 15 is 0 Å². The number of aromatic nitrogens is 2. The van der Waals surface area contributed by atoms with Crippen molar-refractivity contribution in [2.75, 3.05) is 7.11 Å². The number of carboxylic acids is 1. The van der Waals surface area contributed by atoms with Crippen LogP contribution in [0.1, 0.15) is 26.4 Å². The molecule has 108 valence electrons. The molecule has 0 atom stereocenters. The topological polar surface area (TPSA) is 89.4 Å². The fourth-order valence-electron chi connectivity index (χ4n) is 1.56. The summed E-state index contributed by atoms with van der Waals surface area (Å²) in [5.41, 5.74) is 1.25. The van der Waals surface area contributed by atoms with Crippen LogP contribution in [0.15, 0.2) is 41.7 Å². The first-order chi connectivity index (χ1) is 10.1. The Kier molecular flexibility index (Phi) is 4.89. The molecule has 7 heteroatoms. The van der Waals surface area contributed by atoms with Gasteiger partial charge in [0.05, 0.1) is 23.9 Å². The fourth-order valence-corrected chi connectivity index (χ4v) is 2.46. The predicted octanol–water partition coefficient (Wildman–Crippen LogP) is 2.25. The molecule has 0 aliphatic carbocycles. The number of ether oxygens (including phenoxy) is 1. The first-order valence-corrected chi connectivity index (χ1v) is 6.94. The number of rotatable bonds is 5. The second kappa shape index (κ2) is 6.85. The summed E-state index contributed by atoms with van der Waals surface area (Å²) >= 11 is 1.28. The molecule has 0 aliphatic rings. The van der Waals surface area contributed by atoms with E-state index in [0.29, 0.717) is 16.3 Å². The Morgan fingerprint density at radius 1 is 1.29 bits per heavy atom. The summed E-state index contributed by atoms with van der Waals surface area (Å²) in [6.07, 6.45) is 2.97. The van der Waals surface area contributed by atoms with Crippen LogP contribution in [-0.4, -0.2) is 34.1 Å². The number of aromatic carboxylic acids is 1. The molecule has 2 heterocycles. The molecular formula is C14H12N2O4S. The fraction of sp³-hybridized carbons (Fsp3) is 0.143. The third-order valence-electron chi connectivity index (χ3n) is 2.60. The van der Waals surface area contributed by atoms with Crippen LogP contribution in [0.25, 0.3) is 0 Å². The minimum absolute atomic E-state index is 0.161. The van der Waals surface area contributed by atoms with Crippen molar-refractivity contribution in [1.82, 2.24) is 9.97 Å². The van der Waals surface area contributed by atoms with Gasteiger partial charge in [-0.2, -0.15) is 0 Å². The lowest BCUT2D eigenvalue weighted by atomic mass is 10.2. The number of hydrogen-bond acceptors (Lipinski definition) is 6. The average Bonchev–Trinajstić information content (AvgIpc) is 2.52. The number of hydrogen-bond donors (Lipinski definition) is 1. The Bertz CT molecular complexity index is 658. The minimum Gasteiger partial charge on any atom is -0.478 e. The molecule has 6 nitrogen and oxygen atoms in total. The highest BCUT2D eigenvalue weighted by Gasteiger charge is 2.11. The Balaban J connectivity index is 2.07. The van der Waals surface area contributed by atoms with Crippen LogP contribution in [0, 0.1) is 0 Å². The number of esters is 1. The summed E-state index contributed by atoms with van der Waals surface area (Å²) in [4.78, 5) is 30.5. The number of carbonyl (C=O) groups excluding carboxylic acids is 1. The van der Waals surface area contributed by atoms with Crippen LogP contribution in [-0.2, 0) is 10.5 Å². The van der Waals surface area contributed by atoms with Crippen molar-refractivity contribution in [2.24, 2.45) is 0 Å². The molecule has 0 aromatic carbocycles. The van der Waals surface area contributed by atoms with Crippen molar-refractivity contribution in [3.63, 3.8) is 0 Å². The van der Waals surface area contributed by atoms with E-state index in [4.69, 9.17) is 5.11 Å². The Labute approximate surface area is 125 Å². The van der Waals surface area contributed by atoms with Gasteiger partial charge in [-0.15, -0.1) is 0 Å². The lowest BCUT2D eigenvalue weighted by Gasteiger charge is -2.04. The van der Waals surface area contributed by atoms with E-state index in [2.05, 4.69) is 14.7 Å². The molecule has 2 rings (SSSR count). The van der Waals surface area contributed by atoms with E-state index in [1.165, 1.54) is 31.1 Å². The summed E-state index contributed by atoms with van der Waals surface area (Å²) in [5.74, 6) is -1.00. The zero-order valence-corrected chi connectivity index (χ0v) is 12.0. The number of methoxy groups -OCH3 is 1. The quantitative estimate of drug-likeness (QED) is 0.669. The second-order valence-electron chi connectivity index (χ2n) is 3.98. The molecular weight excluding hydrogens is 292 g/mol. The zero-order chi connectivity index (χ0) is 15.2. The molecule has 0 bridgehead atoms. The van der Waals surface area contributed by atoms with Gasteiger partial charge in [0.1, 0.15) is 5.03 Å². The molecule has 0 aliphatic heterocycles. The van der Waals surface area contributed by atoms with E-state index in [1.54, 1.807) is 24.4 Å². The summed E-state index contributed by atoms with van der Waals surface area (Å²) in [6.45, 7) is 0. The van der Waals surface area contributed by atoms with Crippen molar-refractivity contribution < 1.29 is 19.4 Å². The third-order valence-corrected chi connectivity index (χ3v) is 3.64. The molecule has 0 radical (unpaired) electrons. The van der Waals surface area contributed by atoms with Gasteiger partial charge >= 0.3 is 11.9 Å². The Morgan fingerprint density at radius 3 is 2.71 bits per heavy atom. The van der Waals surface area contributed by atoms with Crippen LogP contribution in [0.5, 0.6) is 0 Å². The highest BCUT2D eigenvalue weighted by Crippen LogP contribution is 2.23. The average molecular weight is 304 g/mol. The maximum absolute atomic E-state index is 11.3. The number of thioether (sulfide) groups is 1. The van der Waals surface area contributed by atoms with E-state index in [-0.39, 0.29) is 5.56 Å². The van der Waals surface area contributed by atoms with Crippen molar-refractivity contribution in [3.05, 3.63) is 53.5 Å². The SMILES string of the molecule is COC(=O)c1ccc(CSc2ncccc2C(=O)O)nc1. The molecule has 0 amide bonds. The van der Waals surface area contributed by atoms with Crippen LogP contribution in [0.2, 0.25) is 0 Å². The normalized spacial score (nSPS) is 10.1. The van der Waals surface area contributed by atoms with Crippen LogP contribution < -0.4 is 0 Å². The lowest BCUT2D eigenvalue weighted by Crippen LogP contribution is -2.03. The minimum atomic E-state index is -1.01. The van der Waals surface area contributed by atoms with Gasteiger partial charge in [0.2, 0.25) is 0 Å². The Hall–Kier alpha value is -2.41. The van der Waals surface area contributed by atoms with Crippen LogP contribution in [0.3, 0.4) is 0 Å². The monoisotopic (exact) mass is 304 g/mol. The number of pyridine rings is 2. The molecule has 0 saturated carbocycles. The lowest BCUT2D eigenvalue weighted by molar-refractivity contribution is 0.0599. The van der Waals surface area contributed by atoms with Gasteiger partial charge in [0.15, 0.2) is 0 Å². The van der Waals surface area contributed by atoms with Gasteiger partial charge in [-0.05, 0) is 24.3 Å². The molecule has 1 N–H and O–H groups in total. The molecule has 0 saturated heterocycles. The Morgan fingerprint density at radius 2 is 2.10 bits per heavy atom. The highest BCUT2D eigenvalue weighted by atomic mass is 32.2. The van der Waals surface area contributed by atoms with Gasteiger partial charge in [0.25, 0.3) is 0 Å². The van der Waals surface area contributed by atoms with Gasteiger partial charge in [-0.3, -0.25) is 4.98 Å². The summed E-state index contributed by atoms with van der Waals surface area (Å²) in [5, 5.41) is 9.50. The van der Waals surface area contributed by atoms with Crippen molar-refractivity contribution >= 4 is 23.7 Å². The van der Waals surface area contributed by atoms with Gasteiger partial charge in [0, 0.05) is 18.1 Å². The summed E-state index contributed by atoms with van der Waals surface area (Å²) < 4.78 is 4.59. The van der Waals surface area contributed by atoms with E-state index in [1.807, 2.05) is 0 Å². The highest BCUT2D eigenvalue weighted by molar-refractivity contribution is 7.98. The van der Waals surface area contributed by atoms with Gasteiger partial charge in [-0.25, -0.2) is 14.6 Å². The van der Waals surface area contributed by atoms with Crippen molar-refractivity contribution in [3.8, 4) is 0 Å². The molecule has 21 heavy (non-hydrogen) atoms. The van der Waals surface area contributed by atoms with Crippen molar-refractivity contribution in [2.45, 2.75) is 10.8 Å². The van der Waals surface area contributed by atoms with Gasteiger partial charge < -0.3 is 9.84 Å². The number of nitrogens with zero attached hydrogens (tertiary/aromatic N) is 2. The molecule has 2 aromatic heterocycles. The van der Waals surface area contributed by atoms with E-state index < -0.39 is 11.9 Å². The standard InChI is InChI=1S/C14H12N2O4S/c1-20-14(19)9-4-5-10(16-7-9)8-21-12-11(13(17)18)3-2-6-15-12/h2-7H,8H2,1H3,(H,17,18). The smallest absolute Gasteiger partial charge is 0.339 e. The first kappa shape index (κ1) is 15.0. The summed E-state index contributed by atoms with van der Waals surface area (Å²) in [6, 6.07) is 6.40. The molecule has 2 aromatic rings. The third kappa shape index (κ3) is 3.79. The maximum Gasteiger partial charge on any atom is 0.339 e. The number of carbonyl (C=O) groups is 2. The molecule has 0 unspecified atom stereocenters. The maximum atomic E-state index is 11.3. The van der Waals surface area contributed by atoms with Crippen molar-refractivity contribution in [1.29, 1.82) is 0 Å². The first-order valence-electron chi connectivity index (χ1n) is 5.96. The largest absolute Gasteiger partial charge is 0.478 e. The second-order valence-corrected chi connectivity index (χ2v) is 4.94. The summed E-state index contributed by atoms with van der Waals surface area (Å²) in [7, 11) is 1.31. The van der Waals surface area contributed by atoms with Crippen LogP contribution >= 0.6 is 11.8 Å². The molecule has 0 spiro atoms. The van der Waals surface area contributed by atoms with E-state index in [9.17, 15) is 9.59 Å². The van der Waals surface area contributed by atoms with E-state index in [0.717, 1.165) is 5.69 Å². The van der Waals surface area contributed by atoms with Crippen LogP contribution in [0.4, 0.5) is 0 Å². The van der Waals surface area contributed by atoms with Gasteiger partial charge in [-0.1, -0.05) is 11.8 Å². The predicted molar refractivity (Wildman–Crippen MR) is 76.3 cm³/mol. The molecule has 0 fully saturated rings. The zero-order valence-electron chi connectivity index (χ0n) is 11.1.